The van der Waals surface area contributed by atoms with Gasteiger partial charge in [-0.05, 0) is 17.2 Å². The first kappa shape index (κ1) is 12.7. The van der Waals surface area contributed by atoms with Crippen LogP contribution in [0.15, 0.2) is 22.7 Å². The molecule has 0 aromatic heterocycles. The van der Waals surface area contributed by atoms with Crippen LogP contribution in [-0.2, 0) is 16.8 Å². The maximum Gasteiger partial charge on any atom is 0.0716 e. The van der Waals surface area contributed by atoms with E-state index in [0.717, 1.165) is 15.6 Å². The van der Waals surface area contributed by atoms with Gasteiger partial charge < -0.3 is 9.84 Å². The Bertz CT molecular complexity index is 334. The van der Waals surface area contributed by atoms with Crippen LogP contribution in [0.4, 0.5) is 0 Å². The average molecular weight is 273 g/mol. The minimum Gasteiger partial charge on any atom is -0.395 e. The molecule has 0 amide bonds. The van der Waals surface area contributed by atoms with Crippen LogP contribution < -0.4 is 0 Å². The Morgan fingerprint density at radius 3 is 2.60 bits per heavy atom. The van der Waals surface area contributed by atoms with E-state index in [1.54, 1.807) is 7.11 Å². The van der Waals surface area contributed by atoms with E-state index in [0.29, 0.717) is 6.61 Å². The zero-order chi connectivity index (χ0) is 11.5. The third-order valence-electron chi connectivity index (χ3n) is 2.47. The molecular formula is C12H17BrO2. The molecular weight excluding hydrogens is 256 g/mol. The van der Waals surface area contributed by atoms with Crippen molar-refractivity contribution in [3.8, 4) is 0 Å². The fourth-order valence-electron chi connectivity index (χ4n) is 1.68. The largest absolute Gasteiger partial charge is 0.395 e. The molecule has 2 nitrogen and oxygen atoms in total. The summed E-state index contributed by atoms with van der Waals surface area (Å²) < 4.78 is 6.18. The Kier molecular flexibility index (Phi) is 4.32. The molecule has 0 saturated heterocycles. The molecule has 1 rings (SSSR count). The minimum atomic E-state index is -0.256. The van der Waals surface area contributed by atoms with Crippen LogP contribution >= 0.6 is 15.9 Å². The van der Waals surface area contributed by atoms with Gasteiger partial charge in [0, 0.05) is 17.0 Å². The van der Waals surface area contributed by atoms with Crippen molar-refractivity contribution in [3.05, 3.63) is 33.8 Å². The molecule has 0 radical (unpaired) electrons. The van der Waals surface area contributed by atoms with Gasteiger partial charge in [0.2, 0.25) is 0 Å². The fourth-order valence-corrected chi connectivity index (χ4v) is 2.63. The second-order valence-corrected chi connectivity index (χ2v) is 5.10. The number of aliphatic hydroxyl groups excluding tert-OH is 1. The van der Waals surface area contributed by atoms with Gasteiger partial charge in [-0.2, -0.15) is 0 Å². The second-order valence-electron chi connectivity index (χ2n) is 4.25. The van der Waals surface area contributed by atoms with Crippen molar-refractivity contribution < 1.29 is 9.84 Å². The van der Waals surface area contributed by atoms with E-state index in [1.807, 2.05) is 32.0 Å². The molecule has 0 aliphatic rings. The molecule has 0 bridgehead atoms. The summed E-state index contributed by atoms with van der Waals surface area (Å²) in [7, 11) is 1.68. The zero-order valence-corrected chi connectivity index (χ0v) is 11.0. The van der Waals surface area contributed by atoms with E-state index < -0.39 is 0 Å². The number of methoxy groups -OCH3 is 1. The molecule has 1 aromatic carbocycles. The third kappa shape index (κ3) is 2.80. The van der Waals surface area contributed by atoms with Crippen molar-refractivity contribution in [1.82, 2.24) is 0 Å². The lowest BCUT2D eigenvalue weighted by Crippen LogP contribution is -2.24. The molecule has 0 unspecified atom stereocenters. The van der Waals surface area contributed by atoms with Crippen LogP contribution in [-0.4, -0.2) is 18.8 Å². The fraction of sp³-hybridized carbons (Fsp3) is 0.500. The summed E-state index contributed by atoms with van der Waals surface area (Å²) in [6.45, 7) is 4.73. The Labute approximate surface area is 99.4 Å². The highest BCUT2D eigenvalue weighted by atomic mass is 79.9. The Balaban J connectivity index is 3.24. The number of halogens is 1. The van der Waals surface area contributed by atoms with Crippen LogP contribution in [0.25, 0.3) is 0 Å². The van der Waals surface area contributed by atoms with Gasteiger partial charge in [-0.1, -0.05) is 41.9 Å². The van der Waals surface area contributed by atoms with Crippen LogP contribution in [0.2, 0.25) is 0 Å². The molecule has 0 aliphatic carbocycles. The van der Waals surface area contributed by atoms with Gasteiger partial charge in [-0.15, -0.1) is 0 Å². The molecule has 1 N–H and O–H groups in total. The van der Waals surface area contributed by atoms with Crippen molar-refractivity contribution >= 4 is 15.9 Å². The topological polar surface area (TPSA) is 29.5 Å². The first-order valence-corrected chi connectivity index (χ1v) is 5.70. The van der Waals surface area contributed by atoms with Crippen LogP contribution in [0.5, 0.6) is 0 Å². The molecule has 0 heterocycles. The maximum absolute atomic E-state index is 9.40. The monoisotopic (exact) mass is 272 g/mol. The molecule has 0 atom stereocenters. The van der Waals surface area contributed by atoms with Crippen LogP contribution in [0, 0.1) is 0 Å². The molecule has 0 spiro atoms. The van der Waals surface area contributed by atoms with Gasteiger partial charge in [0.25, 0.3) is 0 Å². The number of benzene rings is 1. The summed E-state index contributed by atoms with van der Waals surface area (Å²) in [6, 6.07) is 6.00. The summed E-state index contributed by atoms with van der Waals surface area (Å²) in [5.74, 6) is 0. The van der Waals surface area contributed by atoms with Crippen molar-refractivity contribution in [2.24, 2.45) is 0 Å². The van der Waals surface area contributed by atoms with Gasteiger partial charge in [0.15, 0.2) is 0 Å². The van der Waals surface area contributed by atoms with Crippen LogP contribution in [0.1, 0.15) is 25.0 Å². The standard InChI is InChI=1S/C12H17BrO2/c1-12(2,8-14)11-9(7-15-3)5-4-6-10(11)13/h4-6,14H,7-8H2,1-3H3. The Morgan fingerprint density at radius 2 is 2.07 bits per heavy atom. The summed E-state index contributed by atoms with van der Waals surface area (Å²) in [5.41, 5.74) is 1.98. The van der Waals surface area contributed by atoms with E-state index >= 15 is 0 Å². The van der Waals surface area contributed by atoms with Crippen molar-refractivity contribution in [2.45, 2.75) is 25.9 Å². The average Bonchev–Trinajstić information content (AvgIpc) is 2.18. The summed E-state index contributed by atoms with van der Waals surface area (Å²) in [6.07, 6.45) is 0. The Morgan fingerprint density at radius 1 is 1.40 bits per heavy atom. The summed E-state index contributed by atoms with van der Waals surface area (Å²) >= 11 is 3.53. The number of hydrogen-bond donors (Lipinski definition) is 1. The Hall–Kier alpha value is -0.380. The number of rotatable bonds is 4. The highest BCUT2D eigenvalue weighted by molar-refractivity contribution is 9.10. The predicted octanol–water partition coefficient (Wildman–Crippen LogP) is 2.87. The second kappa shape index (κ2) is 5.10. The number of aliphatic hydroxyl groups is 1. The lowest BCUT2D eigenvalue weighted by Gasteiger charge is -2.26. The summed E-state index contributed by atoms with van der Waals surface area (Å²) in [4.78, 5) is 0. The number of ether oxygens (including phenoxy) is 1. The van der Waals surface area contributed by atoms with E-state index in [4.69, 9.17) is 4.74 Å². The molecule has 15 heavy (non-hydrogen) atoms. The van der Waals surface area contributed by atoms with Crippen molar-refractivity contribution in [1.29, 1.82) is 0 Å². The molecule has 0 aliphatic heterocycles. The highest BCUT2D eigenvalue weighted by Gasteiger charge is 2.24. The first-order chi connectivity index (χ1) is 7.03. The molecule has 84 valence electrons. The quantitative estimate of drug-likeness (QED) is 0.914. The van der Waals surface area contributed by atoms with Crippen molar-refractivity contribution in [3.63, 3.8) is 0 Å². The van der Waals surface area contributed by atoms with Gasteiger partial charge in [0.05, 0.1) is 13.2 Å². The minimum absolute atomic E-state index is 0.117. The van der Waals surface area contributed by atoms with E-state index in [2.05, 4.69) is 15.9 Å². The summed E-state index contributed by atoms with van der Waals surface area (Å²) in [5, 5.41) is 9.40. The van der Waals surface area contributed by atoms with Gasteiger partial charge in [0.1, 0.15) is 0 Å². The predicted molar refractivity (Wildman–Crippen MR) is 65.0 cm³/mol. The normalized spacial score (nSPS) is 11.8. The zero-order valence-electron chi connectivity index (χ0n) is 9.38. The van der Waals surface area contributed by atoms with E-state index in [1.165, 1.54) is 0 Å². The highest BCUT2D eigenvalue weighted by Crippen LogP contribution is 2.33. The molecule has 0 fully saturated rings. The third-order valence-corrected chi connectivity index (χ3v) is 3.13. The van der Waals surface area contributed by atoms with E-state index in [9.17, 15) is 5.11 Å². The maximum atomic E-state index is 9.40. The lowest BCUT2D eigenvalue weighted by atomic mass is 9.82. The smallest absolute Gasteiger partial charge is 0.0716 e. The van der Waals surface area contributed by atoms with Gasteiger partial charge in [-0.3, -0.25) is 0 Å². The van der Waals surface area contributed by atoms with Gasteiger partial charge in [-0.25, -0.2) is 0 Å². The molecule has 1 aromatic rings. The SMILES string of the molecule is COCc1cccc(Br)c1C(C)(C)CO. The van der Waals surface area contributed by atoms with Gasteiger partial charge >= 0.3 is 0 Å². The number of hydrogen-bond acceptors (Lipinski definition) is 2. The van der Waals surface area contributed by atoms with E-state index in [-0.39, 0.29) is 12.0 Å². The first-order valence-electron chi connectivity index (χ1n) is 4.90. The molecule has 0 saturated carbocycles. The molecule has 3 heteroatoms. The lowest BCUT2D eigenvalue weighted by molar-refractivity contribution is 0.178. The van der Waals surface area contributed by atoms with Crippen LogP contribution in [0.3, 0.4) is 0 Å². The van der Waals surface area contributed by atoms with Crippen molar-refractivity contribution in [2.75, 3.05) is 13.7 Å².